The fraction of sp³-hybridized carbons (Fsp3) is 0.412. The van der Waals surface area contributed by atoms with E-state index in [9.17, 15) is 23.1 Å². The van der Waals surface area contributed by atoms with E-state index in [0.717, 1.165) is 17.5 Å². The number of benzene rings is 1. The molecule has 0 bridgehead atoms. The summed E-state index contributed by atoms with van der Waals surface area (Å²) in [5.41, 5.74) is 1.90. The van der Waals surface area contributed by atoms with E-state index in [1.807, 2.05) is 0 Å². The molecule has 2 aliphatic rings. The highest BCUT2D eigenvalue weighted by atomic mass is 35.5. The lowest BCUT2D eigenvalue weighted by Gasteiger charge is -2.19. The van der Waals surface area contributed by atoms with Gasteiger partial charge in [0.05, 0.1) is 29.5 Å². The minimum atomic E-state index is -4.76. The molecule has 1 saturated carbocycles. The van der Waals surface area contributed by atoms with E-state index >= 15 is 0 Å². The number of aromatic nitrogens is 2. The maximum atomic E-state index is 12.8. The van der Waals surface area contributed by atoms with E-state index < -0.39 is 24.9 Å². The molecule has 4 rings (SSSR count). The van der Waals surface area contributed by atoms with Crippen molar-refractivity contribution in [2.45, 2.75) is 43.6 Å². The molecule has 138 valence electrons. The van der Waals surface area contributed by atoms with Crippen molar-refractivity contribution in [2.75, 3.05) is 0 Å². The highest BCUT2D eigenvalue weighted by Gasteiger charge is 2.44. The lowest BCUT2D eigenvalue weighted by molar-refractivity contribution is -0.208. The van der Waals surface area contributed by atoms with Crippen molar-refractivity contribution >= 4 is 17.5 Å². The van der Waals surface area contributed by atoms with Crippen LogP contribution in [0.25, 0.3) is 0 Å². The Kier molecular flexibility index (Phi) is 4.00. The monoisotopic (exact) mass is 385 g/mol. The summed E-state index contributed by atoms with van der Waals surface area (Å²) in [4.78, 5) is 12.5. The van der Waals surface area contributed by atoms with Crippen LogP contribution in [0.4, 0.5) is 13.2 Å². The first-order chi connectivity index (χ1) is 12.3. The normalized spacial score (nSPS) is 20.8. The predicted molar refractivity (Wildman–Crippen MR) is 87.0 cm³/mol. The molecule has 1 aromatic heterocycles. The quantitative estimate of drug-likeness (QED) is 0.849. The predicted octanol–water partition coefficient (Wildman–Crippen LogP) is 3.17. The average Bonchev–Trinajstić information content (AvgIpc) is 3.26. The van der Waals surface area contributed by atoms with Gasteiger partial charge in [0.15, 0.2) is 6.10 Å². The average molecular weight is 386 g/mol. The van der Waals surface area contributed by atoms with Gasteiger partial charge in [0.2, 0.25) is 0 Å². The van der Waals surface area contributed by atoms with Crippen LogP contribution in [0.1, 0.15) is 52.1 Å². The van der Waals surface area contributed by atoms with Crippen LogP contribution in [0, 0.1) is 0 Å². The fourth-order valence-corrected chi connectivity index (χ4v) is 3.36. The zero-order valence-electron chi connectivity index (χ0n) is 13.4. The van der Waals surface area contributed by atoms with Crippen molar-refractivity contribution in [1.82, 2.24) is 15.1 Å². The summed E-state index contributed by atoms with van der Waals surface area (Å²) in [5.74, 6) is -0.266. The first kappa shape index (κ1) is 17.4. The molecule has 2 unspecified atom stereocenters. The number of alkyl halides is 3. The van der Waals surface area contributed by atoms with Crippen LogP contribution in [-0.2, 0) is 6.54 Å². The zero-order valence-corrected chi connectivity index (χ0v) is 14.2. The Morgan fingerprint density at radius 1 is 1.31 bits per heavy atom. The molecule has 0 spiro atoms. The summed E-state index contributed by atoms with van der Waals surface area (Å²) in [5, 5.41) is 17.1. The van der Waals surface area contributed by atoms with Crippen molar-refractivity contribution in [2.24, 2.45) is 0 Å². The van der Waals surface area contributed by atoms with Crippen LogP contribution < -0.4 is 5.32 Å². The van der Waals surface area contributed by atoms with E-state index in [1.54, 1.807) is 24.3 Å². The molecule has 2 N–H and O–H groups in total. The first-order valence-corrected chi connectivity index (χ1v) is 8.55. The standard InChI is InChI=1S/C17H15ClF3N3O2/c18-10-5-3-9(4-6-10)14-15-12(16(26)22-14)13(8-1-2-8)23-24(15)7-11(25)17(19,20)21/h3-6,8,11,14,25H,1-2,7H2,(H,22,26). The van der Waals surface area contributed by atoms with Crippen LogP contribution in [0.5, 0.6) is 0 Å². The van der Waals surface area contributed by atoms with Crippen LogP contribution in [0.2, 0.25) is 5.02 Å². The number of amides is 1. The summed E-state index contributed by atoms with van der Waals surface area (Å²) in [7, 11) is 0. The topological polar surface area (TPSA) is 67.2 Å². The van der Waals surface area contributed by atoms with Crippen molar-refractivity contribution in [3.63, 3.8) is 0 Å². The van der Waals surface area contributed by atoms with E-state index in [1.165, 1.54) is 0 Å². The van der Waals surface area contributed by atoms with Crippen molar-refractivity contribution in [3.05, 3.63) is 51.8 Å². The van der Waals surface area contributed by atoms with Gasteiger partial charge in [0.25, 0.3) is 5.91 Å². The Morgan fingerprint density at radius 3 is 2.54 bits per heavy atom. The van der Waals surface area contributed by atoms with E-state index in [0.29, 0.717) is 27.5 Å². The SMILES string of the molecule is O=C1NC(c2ccc(Cl)cc2)c2c1c(C1CC1)nn2CC(O)C(F)(F)F. The number of halogens is 4. The van der Waals surface area contributed by atoms with E-state index in [-0.39, 0.29) is 11.8 Å². The Morgan fingerprint density at radius 2 is 1.96 bits per heavy atom. The van der Waals surface area contributed by atoms with Gasteiger partial charge < -0.3 is 10.4 Å². The molecule has 1 aliphatic carbocycles. The number of rotatable bonds is 4. The number of carbonyl (C=O) groups is 1. The molecule has 26 heavy (non-hydrogen) atoms. The molecule has 1 aromatic carbocycles. The fourth-order valence-electron chi connectivity index (χ4n) is 3.24. The first-order valence-electron chi connectivity index (χ1n) is 8.17. The number of aliphatic hydroxyl groups is 1. The molecule has 1 aliphatic heterocycles. The number of nitrogens with zero attached hydrogens (tertiary/aromatic N) is 2. The second kappa shape index (κ2) is 5.99. The van der Waals surface area contributed by atoms with Gasteiger partial charge in [-0.25, -0.2) is 0 Å². The third-order valence-electron chi connectivity index (χ3n) is 4.69. The Hall–Kier alpha value is -2.06. The Balaban J connectivity index is 1.78. The third-order valence-corrected chi connectivity index (χ3v) is 4.94. The van der Waals surface area contributed by atoms with Gasteiger partial charge in [0.1, 0.15) is 0 Å². The molecular weight excluding hydrogens is 371 g/mol. The number of hydrogen-bond donors (Lipinski definition) is 2. The van der Waals surface area contributed by atoms with Crippen LogP contribution in [0.3, 0.4) is 0 Å². The molecule has 0 radical (unpaired) electrons. The molecule has 5 nitrogen and oxygen atoms in total. The van der Waals surface area contributed by atoms with Gasteiger partial charge in [-0.15, -0.1) is 0 Å². The maximum absolute atomic E-state index is 12.8. The summed E-state index contributed by atoms with van der Waals surface area (Å²) in [6.07, 6.45) is -5.61. The second-order valence-electron chi connectivity index (χ2n) is 6.62. The van der Waals surface area contributed by atoms with Gasteiger partial charge in [-0.2, -0.15) is 18.3 Å². The molecule has 0 saturated heterocycles. The lowest BCUT2D eigenvalue weighted by Crippen LogP contribution is -2.34. The number of carbonyl (C=O) groups excluding carboxylic acids is 1. The molecular formula is C17H15ClF3N3O2. The van der Waals surface area contributed by atoms with Crippen molar-refractivity contribution < 1.29 is 23.1 Å². The summed E-state index contributed by atoms with van der Waals surface area (Å²) in [6.45, 7) is -0.752. The minimum absolute atomic E-state index is 0.0859. The van der Waals surface area contributed by atoms with Crippen LogP contribution in [0.15, 0.2) is 24.3 Å². The largest absolute Gasteiger partial charge is 0.416 e. The molecule has 2 heterocycles. The van der Waals surface area contributed by atoms with Gasteiger partial charge in [-0.3, -0.25) is 9.48 Å². The van der Waals surface area contributed by atoms with E-state index in [2.05, 4.69) is 10.4 Å². The van der Waals surface area contributed by atoms with Gasteiger partial charge in [-0.05, 0) is 30.5 Å². The van der Waals surface area contributed by atoms with E-state index in [4.69, 9.17) is 11.6 Å². The number of hydrogen-bond acceptors (Lipinski definition) is 3. The third kappa shape index (κ3) is 2.97. The van der Waals surface area contributed by atoms with Gasteiger partial charge >= 0.3 is 6.18 Å². The smallest absolute Gasteiger partial charge is 0.382 e. The molecule has 2 aromatic rings. The highest BCUT2D eigenvalue weighted by molar-refractivity contribution is 6.30. The maximum Gasteiger partial charge on any atom is 0.416 e. The van der Waals surface area contributed by atoms with Crippen molar-refractivity contribution in [1.29, 1.82) is 0 Å². The summed E-state index contributed by atoms with van der Waals surface area (Å²) >= 11 is 5.89. The Bertz CT molecular complexity index is 859. The van der Waals surface area contributed by atoms with Crippen LogP contribution in [-0.4, -0.2) is 33.1 Å². The second-order valence-corrected chi connectivity index (χ2v) is 7.05. The Labute approximate surface area is 151 Å². The summed E-state index contributed by atoms with van der Waals surface area (Å²) in [6, 6.07) is 6.07. The molecule has 9 heteroatoms. The summed E-state index contributed by atoms with van der Waals surface area (Å²) < 4.78 is 39.6. The zero-order chi connectivity index (χ0) is 18.6. The number of nitrogens with one attached hydrogen (secondary N) is 1. The number of fused-ring (bicyclic) bond motifs is 1. The molecule has 1 amide bonds. The minimum Gasteiger partial charge on any atom is -0.382 e. The highest BCUT2D eigenvalue weighted by Crippen LogP contribution is 2.45. The lowest BCUT2D eigenvalue weighted by atomic mass is 10.0. The molecule has 1 fully saturated rings. The van der Waals surface area contributed by atoms with Crippen LogP contribution >= 0.6 is 11.6 Å². The number of aliphatic hydroxyl groups excluding tert-OH is 1. The van der Waals surface area contributed by atoms with Gasteiger partial charge in [-0.1, -0.05) is 23.7 Å². The van der Waals surface area contributed by atoms with Crippen molar-refractivity contribution in [3.8, 4) is 0 Å². The molecule has 2 atom stereocenters. The van der Waals surface area contributed by atoms with Gasteiger partial charge in [0, 0.05) is 10.9 Å².